The topological polar surface area (TPSA) is 90.6 Å². The van der Waals surface area contributed by atoms with E-state index in [1.807, 2.05) is 12.1 Å². The average molecular weight is 394 g/mol. The Hall–Kier alpha value is -3.42. The smallest absolute Gasteiger partial charge is 0.258 e. The van der Waals surface area contributed by atoms with Gasteiger partial charge in [0.1, 0.15) is 17.5 Å². The Kier molecular flexibility index (Phi) is 5.41. The summed E-state index contributed by atoms with van der Waals surface area (Å²) in [4.78, 5) is 19.3. The maximum absolute atomic E-state index is 13.4. The molecular weight excluding hydrogens is 372 g/mol. The van der Waals surface area contributed by atoms with Crippen LogP contribution in [-0.2, 0) is 0 Å². The molecular formula is C21H22N4O4. The van der Waals surface area contributed by atoms with Gasteiger partial charge < -0.3 is 18.8 Å². The molecule has 0 radical (unpaired) electrons. The second-order valence-electron chi connectivity index (χ2n) is 6.76. The van der Waals surface area contributed by atoms with Crippen molar-refractivity contribution in [3.63, 3.8) is 0 Å². The minimum atomic E-state index is -0.287. The van der Waals surface area contributed by atoms with Gasteiger partial charge in [0.2, 0.25) is 11.8 Å². The number of methoxy groups -OCH3 is 2. The van der Waals surface area contributed by atoms with Crippen LogP contribution in [0.15, 0.2) is 47.1 Å². The highest BCUT2D eigenvalue weighted by Gasteiger charge is 2.34. The van der Waals surface area contributed by atoms with Gasteiger partial charge in [0.25, 0.3) is 5.91 Å². The highest BCUT2D eigenvalue weighted by Crippen LogP contribution is 2.35. The Morgan fingerprint density at radius 2 is 2.07 bits per heavy atom. The number of nitrogens with zero attached hydrogens (tertiary/aromatic N) is 4. The number of ether oxygens (including phenoxy) is 2. The number of benzene rings is 1. The maximum atomic E-state index is 13.4. The Bertz CT molecular complexity index is 989. The van der Waals surface area contributed by atoms with E-state index in [-0.39, 0.29) is 11.9 Å². The summed E-state index contributed by atoms with van der Waals surface area (Å²) >= 11 is 0. The second-order valence-corrected chi connectivity index (χ2v) is 6.76. The lowest BCUT2D eigenvalue weighted by Crippen LogP contribution is -2.38. The maximum Gasteiger partial charge on any atom is 0.258 e. The van der Waals surface area contributed by atoms with E-state index in [2.05, 4.69) is 15.2 Å². The number of pyridine rings is 1. The predicted molar refractivity (Wildman–Crippen MR) is 105 cm³/mol. The van der Waals surface area contributed by atoms with E-state index in [0.29, 0.717) is 35.4 Å². The lowest BCUT2D eigenvalue weighted by Gasteiger charge is -2.33. The van der Waals surface area contributed by atoms with Crippen LogP contribution in [0.2, 0.25) is 0 Å². The van der Waals surface area contributed by atoms with Gasteiger partial charge in [0.05, 0.1) is 25.3 Å². The first-order valence-electron chi connectivity index (χ1n) is 9.48. The minimum absolute atomic E-state index is 0.147. The quantitative estimate of drug-likeness (QED) is 0.654. The van der Waals surface area contributed by atoms with Crippen LogP contribution in [-0.4, -0.2) is 46.8 Å². The van der Waals surface area contributed by atoms with E-state index >= 15 is 0 Å². The molecule has 1 saturated heterocycles. The van der Waals surface area contributed by atoms with Gasteiger partial charge in [-0.05, 0) is 49.6 Å². The van der Waals surface area contributed by atoms with Crippen molar-refractivity contribution in [1.29, 1.82) is 0 Å². The van der Waals surface area contributed by atoms with Gasteiger partial charge in [0.15, 0.2) is 0 Å². The summed E-state index contributed by atoms with van der Waals surface area (Å²) in [6.07, 6.45) is 6.01. The summed E-state index contributed by atoms with van der Waals surface area (Å²) in [7, 11) is 3.11. The second kappa shape index (κ2) is 8.30. The van der Waals surface area contributed by atoms with Crippen LogP contribution in [0.5, 0.6) is 11.5 Å². The van der Waals surface area contributed by atoms with E-state index in [1.54, 1.807) is 49.7 Å². The van der Waals surface area contributed by atoms with Crippen LogP contribution in [0.3, 0.4) is 0 Å². The molecule has 3 aromatic rings. The molecule has 1 aromatic carbocycles. The standard InChI is InChI=1S/C21H22N4O4/c1-27-15-8-9-18(28-2)16(12-15)21(26)25-11-4-3-7-17(25)20-24-23-19(29-20)14-6-5-10-22-13-14/h5-6,8-10,12-13,17H,3-4,7,11H2,1-2H3/t17-/m1/s1. The lowest BCUT2D eigenvalue weighted by atomic mass is 10.0. The third-order valence-corrected chi connectivity index (χ3v) is 5.03. The van der Waals surface area contributed by atoms with E-state index in [1.165, 1.54) is 0 Å². The molecule has 0 spiro atoms. The van der Waals surface area contributed by atoms with Crippen molar-refractivity contribution in [2.75, 3.05) is 20.8 Å². The van der Waals surface area contributed by atoms with Gasteiger partial charge >= 0.3 is 0 Å². The molecule has 8 heteroatoms. The van der Waals surface area contributed by atoms with Gasteiger partial charge in [-0.2, -0.15) is 0 Å². The normalized spacial score (nSPS) is 16.5. The third-order valence-electron chi connectivity index (χ3n) is 5.03. The fourth-order valence-corrected chi connectivity index (χ4v) is 3.54. The largest absolute Gasteiger partial charge is 0.497 e. The first kappa shape index (κ1) is 18.9. The van der Waals surface area contributed by atoms with Crippen LogP contribution in [0.4, 0.5) is 0 Å². The lowest BCUT2D eigenvalue weighted by molar-refractivity contribution is 0.0569. The van der Waals surface area contributed by atoms with Crippen LogP contribution in [0.1, 0.15) is 41.6 Å². The summed E-state index contributed by atoms with van der Waals surface area (Å²) in [6.45, 7) is 0.606. The van der Waals surface area contributed by atoms with Crippen LogP contribution in [0.25, 0.3) is 11.5 Å². The minimum Gasteiger partial charge on any atom is -0.497 e. The number of carbonyl (C=O) groups is 1. The number of piperidine rings is 1. The van der Waals surface area contributed by atoms with E-state index in [9.17, 15) is 4.79 Å². The number of hydrogen-bond acceptors (Lipinski definition) is 7. The van der Waals surface area contributed by atoms with Crippen molar-refractivity contribution in [1.82, 2.24) is 20.1 Å². The van der Waals surface area contributed by atoms with Crippen molar-refractivity contribution in [2.45, 2.75) is 25.3 Å². The molecule has 0 N–H and O–H groups in total. The molecule has 150 valence electrons. The first-order valence-corrected chi connectivity index (χ1v) is 9.48. The molecule has 1 atom stereocenters. The molecule has 1 amide bonds. The van der Waals surface area contributed by atoms with E-state index in [0.717, 1.165) is 24.8 Å². The molecule has 3 heterocycles. The molecule has 0 bridgehead atoms. The highest BCUT2D eigenvalue weighted by atomic mass is 16.5. The molecule has 1 aliphatic rings. The van der Waals surface area contributed by atoms with Gasteiger partial charge in [-0.15, -0.1) is 10.2 Å². The number of amides is 1. The zero-order chi connectivity index (χ0) is 20.2. The monoisotopic (exact) mass is 394 g/mol. The summed E-state index contributed by atoms with van der Waals surface area (Å²) in [5, 5.41) is 8.37. The third kappa shape index (κ3) is 3.78. The molecule has 2 aromatic heterocycles. The first-order chi connectivity index (χ1) is 14.2. The summed E-state index contributed by atoms with van der Waals surface area (Å²) in [6, 6.07) is 8.58. The van der Waals surface area contributed by atoms with E-state index in [4.69, 9.17) is 13.9 Å². The van der Waals surface area contributed by atoms with Crippen molar-refractivity contribution in [3.8, 4) is 23.0 Å². The molecule has 29 heavy (non-hydrogen) atoms. The molecule has 0 unspecified atom stereocenters. The summed E-state index contributed by atoms with van der Waals surface area (Å²) < 4.78 is 16.6. The Labute approximate surface area is 168 Å². The number of aromatic nitrogens is 3. The number of likely N-dealkylation sites (tertiary alicyclic amines) is 1. The zero-order valence-corrected chi connectivity index (χ0v) is 16.4. The van der Waals surface area contributed by atoms with Crippen molar-refractivity contribution < 1.29 is 18.7 Å². The Morgan fingerprint density at radius 1 is 1.17 bits per heavy atom. The van der Waals surface area contributed by atoms with Crippen LogP contribution in [0, 0.1) is 0 Å². The molecule has 1 fully saturated rings. The molecule has 0 aliphatic carbocycles. The van der Waals surface area contributed by atoms with Crippen molar-refractivity contribution in [3.05, 3.63) is 54.2 Å². The number of carbonyl (C=O) groups excluding carboxylic acids is 1. The van der Waals surface area contributed by atoms with E-state index < -0.39 is 0 Å². The molecule has 4 rings (SSSR count). The summed E-state index contributed by atoms with van der Waals surface area (Å²) in [5.41, 5.74) is 1.19. The summed E-state index contributed by atoms with van der Waals surface area (Å²) in [5.74, 6) is 1.77. The number of hydrogen-bond donors (Lipinski definition) is 0. The van der Waals surface area contributed by atoms with Crippen molar-refractivity contribution >= 4 is 5.91 Å². The van der Waals surface area contributed by atoms with Crippen LogP contribution >= 0.6 is 0 Å². The van der Waals surface area contributed by atoms with Gasteiger partial charge in [-0.25, -0.2) is 0 Å². The SMILES string of the molecule is COc1ccc(OC)c(C(=O)N2CCCC[C@@H]2c2nnc(-c3cccnc3)o2)c1. The fraction of sp³-hybridized carbons (Fsp3) is 0.333. The van der Waals surface area contributed by atoms with Gasteiger partial charge in [-0.1, -0.05) is 0 Å². The Balaban J connectivity index is 1.65. The number of rotatable bonds is 5. The van der Waals surface area contributed by atoms with Gasteiger partial charge in [-0.3, -0.25) is 9.78 Å². The van der Waals surface area contributed by atoms with Gasteiger partial charge in [0, 0.05) is 18.9 Å². The fourth-order valence-electron chi connectivity index (χ4n) is 3.54. The zero-order valence-electron chi connectivity index (χ0n) is 16.4. The predicted octanol–water partition coefficient (Wildman–Crippen LogP) is 3.52. The molecule has 8 nitrogen and oxygen atoms in total. The molecule has 0 saturated carbocycles. The average Bonchev–Trinajstić information content (AvgIpc) is 3.29. The highest BCUT2D eigenvalue weighted by molar-refractivity contribution is 5.97. The molecule has 1 aliphatic heterocycles. The van der Waals surface area contributed by atoms with Crippen LogP contribution < -0.4 is 9.47 Å². The van der Waals surface area contributed by atoms with Crippen molar-refractivity contribution in [2.24, 2.45) is 0 Å². The Morgan fingerprint density at radius 3 is 2.83 bits per heavy atom.